The van der Waals surface area contributed by atoms with Crippen LogP contribution in [0.3, 0.4) is 0 Å². The number of nitrogens with one attached hydrogen (secondary N) is 1. The molecule has 0 aliphatic heterocycles. The van der Waals surface area contributed by atoms with Gasteiger partial charge in [-0.05, 0) is 38.0 Å². The van der Waals surface area contributed by atoms with Gasteiger partial charge in [-0.2, -0.15) is 0 Å². The molecule has 2 heterocycles. The van der Waals surface area contributed by atoms with Crippen LogP contribution in [0.5, 0.6) is 0 Å². The van der Waals surface area contributed by atoms with Crippen molar-refractivity contribution in [1.29, 1.82) is 0 Å². The average molecular weight is 362 g/mol. The first kappa shape index (κ1) is 16.7. The monoisotopic (exact) mass is 362 g/mol. The van der Waals surface area contributed by atoms with E-state index in [1.807, 2.05) is 57.2 Å². The molecule has 4 aromatic rings. The highest BCUT2D eigenvalue weighted by molar-refractivity contribution is 7.99. The van der Waals surface area contributed by atoms with E-state index in [0.29, 0.717) is 10.8 Å². The van der Waals surface area contributed by atoms with E-state index >= 15 is 0 Å². The van der Waals surface area contributed by atoms with E-state index in [2.05, 4.69) is 20.2 Å². The highest BCUT2D eigenvalue weighted by Crippen LogP contribution is 2.24. The predicted octanol–water partition coefficient (Wildman–Crippen LogP) is 4.41. The summed E-state index contributed by atoms with van der Waals surface area (Å²) >= 11 is 1.32. The van der Waals surface area contributed by atoms with E-state index < -0.39 is 0 Å². The number of carbonyl (C=O) groups is 1. The number of aryl methyl sites for hydroxylation is 3. The van der Waals surface area contributed by atoms with E-state index in [4.69, 9.17) is 0 Å². The van der Waals surface area contributed by atoms with Gasteiger partial charge < -0.3 is 4.98 Å². The van der Waals surface area contributed by atoms with Gasteiger partial charge in [0.05, 0.1) is 5.75 Å². The number of ketones is 1. The van der Waals surface area contributed by atoms with E-state index in [-0.39, 0.29) is 11.5 Å². The maximum absolute atomic E-state index is 12.7. The molecule has 0 radical (unpaired) electrons. The van der Waals surface area contributed by atoms with Gasteiger partial charge >= 0.3 is 0 Å². The van der Waals surface area contributed by atoms with Crippen molar-refractivity contribution in [1.82, 2.24) is 20.2 Å². The van der Waals surface area contributed by atoms with Crippen molar-refractivity contribution >= 4 is 39.6 Å². The van der Waals surface area contributed by atoms with Crippen LogP contribution in [0.25, 0.3) is 22.1 Å². The molecule has 4 rings (SSSR count). The third-order valence-corrected chi connectivity index (χ3v) is 5.23. The molecule has 5 nitrogen and oxygen atoms in total. The van der Waals surface area contributed by atoms with Crippen molar-refractivity contribution in [3.05, 3.63) is 58.7 Å². The van der Waals surface area contributed by atoms with Gasteiger partial charge in [-0.25, -0.2) is 4.98 Å². The Morgan fingerprint density at radius 1 is 1.08 bits per heavy atom. The number of nitrogens with zero attached hydrogens (tertiary/aromatic N) is 3. The zero-order valence-corrected chi connectivity index (χ0v) is 15.6. The molecule has 0 bridgehead atoms. The summed E-state index contributed by atoms with van der Waals surface area (Å²) in [6, 6.07) is 12.0. The Morgan fingerprint density at radius 3 is 2.58 bits per heavy atom. The molecule has 0 amide bonds. The van der Waals surface area contributed by atoms with Crippen molar-refractivity contribution < 1.29 is 4.79 Å². The zero-order chi connectivity index (χ0) is 18.3. The molecule has 2 aromatic heterocycles. The molecule has 6 heteroatoms. The highest BCUT2D eigenvalue weighted by atomic mass is 32.2. The second kappa shape index (κ2) is 6.53. The van der Waals surface area contributed by atoms with Gasteiger partial charge in [0.2, 0.25) is 5.16 Å². The molecule has 0 unspecified atom stereocenters. The lowest BCUT2D eigenvalue weighted by atomic mass is 9.97. The second-order valence-corrected chi connectivity index (χ2v) is 7.39. The van der Waals surface area contributed by atoms with E-state index in [1.54, 1.807) is 0 Å². The number of aromatic nitrogens is 4. The van der Waals surface area contributed by atoms with Gasteiger partial charge in [-0.3, -0.25) is 4.79 Å². The number of benzene rings is 2. The molecular weight excluding hydrogens is 344 g/mol. The number of carbonyl (C=O) groups excluding carboxylic acids is 1. The fourth-order valence-corrected chi connectivity index (χ4v) is 4.05. The van der Waals surface area contributed by atoms with Crippen LogP contribution < -0.4 is 0 Å². The van der Waals surface area contributed by atoms with E-state index in [1.165, 1.54) is 17.3 Å². The number of H-pyrrole nitrogens is 1. The largest absolute Gasteiger partial charge is 0.338 e. The van der Waals surface area contributed by atoms with Crippen molar-refractivity contribution in [3.8, 4) is 0 Å². The van der Waals surface area contributed by atoms with Crippen LogP contribution in [0.1, 0.15) is 27.0 Å². The van der Waals surface area contributed by atoms with Gasteiger partial charge in [0, 0.05) is 16.5 Å². The third-order valence-electron chi connectivity index (χ3n) is 4.39. The summed E-state index contributed by atoms with van der Waals surface area (Å²) in [6.45, 7) is 6.00. The molecular formula is C20H18N4OS. The van der Waals surface area contributed by atoms with Crippen LogP contribution in [0.2, 0.25) is 0 Å². The number of hydrogen-bond donors (Lipinski definition) is 1. The minimum Gasteiger partial charge on any atom is -0.338 e. The molecule has 130 valence electrons. The summed E-state index contributed by atoms with van der Waals surface area (Å²) in [5, 5.41) is 9.98. The quantitative estimate of drug-likeness (QED) is 0.430. The van der Waals surface area contributed by atoms with Gasteiger partial charge in [0.25, 0.3) is 0 Å². The van der Waals surface area contributed by atoms with Gasteiger partial charge in [-0.1, -0.05) is 47.7 Å². The molecule has 0 saturated heterocycles. The lowest BCUT2D eigenvalue weighted by Crippen LogP contribution is -2.08. The SMILES string of the molecule is Cc1cc(C)c(C(=O)CSc2nnc3c(n2)[nH]c2ccccc23)c(C)c1. The molecule has 0 saturated carbocycles. The van der Waals surface area contributed by atoms with Gasteiger partial charge in [0.1, 0.15) is 5.52 Å². The van der Waals surface area contributed by atoms with Crippen LogP contribution in [0.4, 0.5) is 0 Å². The van der Waals surface area contributed by atoms with Crippen LogP contribution in [-0.2, 0) is 0 Å². The van der Waals surface area contributed by atoms with Gasteiger partial charge in [0.15, 0.2) is 11.4 Å². The minimum absolute atomic E-state index is 0.0883. The molecule has 0 spiro atoms. The van der Waals surface area contributed by atoms with Crippen molar-refractivity contribution in [3.63, 3.8) is 0 Å². The Kier molecular flexibility index (Phi) is 4.20. The number of para-hydroxylation sites is 1. The predicted molar refractivity (Wildman–Crippen MR) is 105 cm³/mol. The smallest absolute Gasteiger partial charge is 0.211 e. The first-order chi connectivity index (χ1) is 12.5. The number of Topliss-reactive ketones (excluding diaryl/α,β-unsaturated/α-hetero) is 1. The normalized spacial score (nSPS) is 11.3. The Balaban J connectivity index is 1.58. The molecule has 2 aromatic carbocycles. The number of thioether (sulfide) groups is 1. The number of rotatable bonds is 4. The maximum Gasteiger partial charge on any atom is 0.211 e. The standard InChI is InChI=1S/C20H18N4OS/c1-11-8-12(2)17(13(3)9-11)16(25)10-26-20-22-19-18(23-24-20)14-6-4-5-7-15(14)21-19/h4-9H,10H2,1-3H3,(H,21,22,24). The number of hydrogen-bond acceptors (Lipinski definition) is 5. The summed E-state index contributed by atoms with van der Waals surface area (Å²) in [7, 11) is 0. The maximum atomic E-state index is 12.7. The fraction of sp³-hybridized carbons (Fsp3) is 0.200. The summed E-state index contributed by atoms with van der Waals surface area (Å²) in [5.74, 6) is 0.378. The average Bonchev–Trinajstić information content (AvgIpc) is 2.96. The molecule has 0 atom stereocenters. The van der Waals surface area contributed by atoms with Crippen molar-refractivity contribution in [2.45, 2.75) is 25.9 Å². The Bertz CT molecular complexity index is 1130. The van der Waals surface area contributed by atoms with Gasteiger partial charge in [-0.15, -0.1) is 10.2 Å². The summed E-state index contributed by atoms with van der Waals surface area (Å²) in [4.78, 5) is 20.4. The number of aromatic amines is 1. The lowest BCUT2D eigenvalue weighted by molar-refractivity contribution is 0.102. The van der Waals surface area contributed by atoms with Crippen LogP contribution in [0.15, 0.2) is 41.6 Å². The Morgan fingerprint density at radius 2 is 1.81 bits per heavy atom. The van der Waals surface area contributed by atoms with Crippen LogP contribution in [0, 0.1) is 20.8 Å². The van der Waals surface area contributed by atoms with Crippen molar-refractivity contribution in [2.75, 3.05) is 5.75 Å². The van der Waals surface area contributed by atoms with E-state index in [0.717, 1.165) is 33.1 Å². The molecule has 26 heavy (non-hydrogen) atoms. The van der Waals surface area contributed by atoms with Crippen LogP contribution in [-0.4, -0.2) is 31.7 Å². The molecule has 1 N–H and O–H groups in total. The summed E-state index contributed by atoms with van der Waals surface area (Å²) < 4.78 is 0. The number of fused-ring (bicyclic) bond motifs is 3. The third kappa shape index (κ3) is 2.97. The highest BCUT2D eigenvalue weighted by Gasteiger charge is 2.15. The fourth-order valence-electron chi connectivity index (χ4n) is 3.39. The minimum atomic E-state index is 0.0883. The first-order valence-electron chi connectivity index (χ1n) is 8.38. The Hall–Kier alpha value is -2.73. The van der Waals surface area contributed by atoms with Crippen molar-refractivity contribution in [2.24, 2.45) is 0 Å². The molecule has 0 fully saturated rings. The molecule has 0 aliphatic rings. The molecule has 0 aliphatic carbocycles. The topological polar surface area (TPSA) is 71.5 Å². The first-order valence-corrected chi connectivity index (χ1v) is 9.36. The summed E-state index contributed by atoms with van der Waals surface area (Å²) in [5.41, 5.74) is 6.41. The van der Waals surface area contributed by atoms with Crippen LogP contribution >= 0.6 is 11.8 Å². The lowest BCUT2D eigenvalue weighted by Gasteiger charge is -2.09. The second-order valence-electron chi connectivity index (χ2n) is 6.45. The zero-order valence-electron chi connectivity index (χ0n) is 14.8. The van der Waals surface area contributed by atoms with E-state index in [9.17, 15) is 4.79 Å². The Labute approximate surface area is 155 Å². The summed E-state index contributed by atoms with van der Waals surface area (Å²) in [6.07, 6.45) is 0.